The van der Waals surface area contributed by atoms with E-state index in [0.29, 0.717) is 0 Å². The molecule has 0 saturated carbocycles. The summed E-state index contributed by atoms with van der Waals surface area (Å²) in [6.45, 7) is 9.47. The lowest BCUT2D eigenvalue weighted by Gasteiger charge is -2.11. The summed E-state index contributed by atoms with van der Waals surface area (Å²) < 4.78 is 0. The number of unbranched alkanes of at least 4 members (excludes halogenated alkanes) is 5. The van der Waals surface area contributed by atoms with Crippen LogP contribution < -0.4 is 21.3 Å². The predicted molar refractivity (Wildman–Crippen MR) is 89.8 cm³/mol. The van der Waals surface area contributed by atoms with Gasteiger partial charge in [-0.05, 0) is 25.9 Å². The van der Waals surface area contributed by atoms with Crippen molar-refractivity contribution < 1.29 is 0 Å². The monoisotopic (exact) mass is 286 g/mol. The predicted octanol–water partition coefficient (Wildman–Crippen LogP) is 2.77. The molecular formula is C16H38N4. The Hall–Kier alpha value is -0.160. The third-order valence-electron chi connectivity index (χ3n) is 3.41. The summed E-state index contributed by atoms with van der Waals surface area (Å²) in [5.74, 6) is 0. The van der Waals surface area contributed by atoms with Gasteiger partial charge in [0, 0.05) is 20.0 Å². The van der Waals surface area contributed by atoms with Crippen LogP contribution in [0.4, 0.5) is 0 Å². The van der Waals surface area contributed by atoms with Crippen LogP contribution in [-0.2, 0) is 0 Å². The maximum absolute atomic E-state index is 3.33. The zero-order chi connectivity index (χ0) is 14.7. The van der Waals surface area contributed by atoms with Crippen molar-refractivity contribution in [2.45, 2.75) is 71.6 Å². The highest BCUT2D eigenvalue weighted by Gasteiger charge is 1.92. The standard InChI is InChI=1S/C8H20N4.C8H18/c1-2-4-9-6-11-8-12-7-10-5-3-1;1-3-5-7-8-6-4-2/h9-12H,1-8H2;3-8H2,1-2H3. The van der Waals surface area contributed by atoms with Crippen molar-refractivity contribution in [3.8, 4) is 0 Å². The van der Waals surface area contributed by atoms with Gasteiger partial charge >= 0.3 is 0 Å². The van der Waals surface area contributed by atoms with E-state index in [1.54, 1.807) is 0 Å². The van der Waals surface area contributed by atoms with E-state index in [2.05, 4.69) is 35.1 Å². The molecule has 4 N–H and O–H groups in total. The van der Waals surface area contributed by atoms with Gasteiger partial charge in [-0.25, -0.2) is 0 Å². The quantitative estimate of drug-likeness (QED) is 0.587. The molecule has 1 fully saturated rings. The zero-order valence-electron chi connectivity index (χ0n) is 13.9. The van der Waals surface area contributed by atoms with Gasteiger partial charge in [-0.2, -0.15) is 0 Å². The molecule has 1 aliphatic heterocycles. The summed E-state index contributed by atoms with van der Waals surface area (Å²) in [7, 11) is 0. The van der Waals surface area contributed by atoms with Crippen molar-refractivity contribution in [3.05, 3.63) is 0 Å². The maximum atomic E-state index is 3.33. The molecule has 1 saturated heterocycles. The number of nitrogens with one attached hydrogen (secondary N) is 4. The van der Waals surface area contributed by atoms with Gasteiger partial charge in [0.15, 0.2) is 0 Å². The van der Waals surface area contributed by atoms with Crippen LogP contribution in [0.2, 0.25) is 0 Å². The second kappa shape index (κ2) is 18.8. The molecule has 1 aliphatic rings. The highest BCUT2D eigenvalue weighted by molar-refractivity contribution is 4.53. The smallest absolute Gasteiger partial charge is 0.0474 e. The lowest BCUT2D eigenvalue weighted by Crippen LogP contribution is -2.40. The molecule has 0 atom stereocenters. The molecule has 0 radical (unpaired) electrons. The van der Waals surface area contributed by atoms with Crippen LogP contribution in [0.15, 0.2) is 0 Å². The Bertz CT molecular complexity index is 116. The fourth-order valence-electron chi connectivity index (χ4n) is 2.10. The van der Waals surface area contributed by atoms with Gasteiger partial charge in [-0.1, -0.05) is 58.8 Å². The molecule has 0 unspecified atom stereocenters. The zero-order valence-corrected chi connectivity index (χ0v) is 13.9. The molecule has 0 aliphatic carbocycles. The molecule has 1 rings (SSSR count). The Morgan fingerprint density at radius 2 is 1.00 bits per heavy atom. The average molecular weight is 287 g/mol. The van der Waals surface area contributed by atoms with Crippen molar-refractivity contribution in [2.24, 2.45) is 0 Å². The molecule has 0 spiro atoms. The fraction of sp³-hybridized carbons (Fsp3) is 1.00. The maximum Gasteiger partial charge on any atom is 0.0474 e. The summed E-state index contributed by atoms with van der Waals surface area (Å²) in [5, 5.41) is 13.1. The van der Waals surface area contributed by atoms with Gasteiger partial charge in [0.2, 0.25) is 0 Å². The average Bonchev–Trinajstić information content (AvgIpc) is 2.45. The summed E-state index contributed by atoms with van der Waals surface area (Å²) >= 11 is 0. The van der Waals surface area contributed by atoms with E-state index >= 15 is 0 Å². The molecule has 0 bridgehead atoms. The Kier molecular flexibility index (Phi) is 18.7. The summed E-state index contributed by atoms with van der Waals surface area (Å²) in [5.41, 5.74) is 0. The lowest BCUT2D eigenvalue weighted by molar-refractivity contribution is 0.475. The van der Waals surface area contributed by atoms with Crippen LogP contribution in [0.5, 0.6) is 0 Å². The van der Waals surface area contributed by atoms with E-state index in [0.717, 1.165) is 33.1 Å². The molecule has 0 aromatic rings. The topological polar surface area (TPSA) is 48.1 Å². The van der Waals surface area contributed by atoms with Crippen molar-refractivity contribution in [1.29, 1.82) is 0 Å². The molecule has 20 heavy (non-hydrogen) atoms. The minimum atomic E-state index is 0.875. The normalized spacial score (nSPS) is 18.3. The van der Waals surface area contributed by atoms with Crippen LogP contribution in [0, 0.1) is 0 Å². The van der Waals surface area contributed by atoms with Gasteiger partial charge in [0.25, 0.3) is 0 Å². The fourth-order valence-corrected chi connectivity index (χ4v) is 2.10. The molecule has 1 heterocycles. The summed E-state index contributed by atoms with van der Waals surface area (Å²) in [6.07, 6.45) is 12.4. The van der Waals surface area contributed by atoms with E-state index in [1.165, 1.54) is 57.8 Å². The second-order valence-corrected chi connectivity index (χ2v) is 5.51. The Labute approximate surface area is 126 Å². The first-order chi connectivity index (χ1) is 9.91. The minimum Gasteiger partial charge on any atom is -0.304 e. The van der Waals surface area contributed by atoms with Gasteiger partial charge in [0.1, 0.15) is 0 Å². The number of rotatable bonds is 5. The van der Waals surface area contributed by atoms with Crippen LogP contribution in [0.1, 0.15) is 71.6 Å². The third-order valence-corrected chi connectivity index (χ3v) is 3.41. The van der Waals surface area contributed by atoms with Gasteiger partial charge < -0.3 is 10.6 Å². The second-order valence-electron chi connectivity index (χ2n) is 5.51. The largest absolute Gasteiger partial charge is 0.304 e. The highest BCUT2D eigenvalue weighted by Crippen LogP contribution is 2.03. The SMILES string of the molecule is C1CCNCNCNCNCC1.CCCCCCCC. The molecular weight excluding hydrogens is 248 g/mol. The first-order valence-electron chi connectivity index (χ1n) is 8.74. The van der Waals surface area contributed by atoms with Gasteiger partial charge in [0.05, 0.1) is 0 Å². The van der Waals surface area contributed by atoms with E-state index in [-0.39, 0.29) is 0 Å². The van der Waals surface area contributed by atoms with E-state index in [9.17, 15) is 0 Å². The van der Waals surface area contributed by atoms with Gasteiger partial charge in [-0.3, -0.25) is 10.6 Å². The summed E-state index contributed by atoms with van der Waals surface area (Å²) in [6, 6.07) is 0. The third kappa shape index (κ3) is 17.8. The summed E-state index contributed by atoms with van der Waals surface area (Å²) in [4.78, 5) is 0. The number of hydrogen-bond donors (Lipinski definition) is 4. The first kappa shape index (κ1) is 19.8. The van der Waals surface area contributed by atoms with Crippen molar-refractivity contribution in [2.75, 3.05) is 33.1 Å². The molecule has 0 aromatic carbocycles. The minimum absolute atomic E-state index is 0.875. The van der Waals surface area contributed by atoms with Crippen molar-refractivity contribution in [1.82, 2.24) is 21.3 Å². The van der Waals surface area contributed by atoms with E-state index in [4.69, 9.17) is 0 Å². The van der Waals surface area contributed by atoms with Crippen molar-refractivity contribution >= 4 is 0 Å². The first-order valence-corrected chi connectivity index (χ1v) is 8.74. The molecule has 0 amide bonds. The van der Waals surface area contributed by atoms with Crippen LogP contribution in [0.3, 0.4) is 0 Å². The number of hydrogen-bond acceptors (Lipinski definition) is 4. The van der Waals surface area contributed by atoms with Crippen LogP contribution in [0.25, 0.3) is 0 Å². The molecule has 122 valence electrons. The van der Waals surface area contributed by atoms with Gasteiger partial charge in [-0.15, -0.1) is 0 Å². The molecule has 0 aromatic heterocycles. The Morgan fingerprint density at radius 1 is 0.550 bits per heavy atom. The van der Waals surface area contributed by atoms with Crippen molar-refractivity contribution in [3.63, 3.8) is 0 Å². The van der Waals surface area contributed by atoms with E-state index in [1.807, 2.05) is 0 Å². The molecule has 4 nitrogen and oxygen atoms in total. The van der Waals surface area contributed by atoms with E-state index < -0.39 is 0 Å². The Morgan fingerprint density at radius 3 is 1.45 bits per heavy atom. The highest BCUT2D eigenvalue weighted by atomic mass is 15.2. The Balaban J connectivity index is 0.000000396. The van der Waals surface area contributed by atoms with Crippen LogP contribution >= 0.6 is 0 Å². The molecule has 4 heteroatoms. The van der Waals surface area contributed by atoms with Crippen LogP contribution in [-0.4, -0.2) is 33.1 Å². The lowest BCUT2D eigenvalue weighted by atomic mass is 10.1.